The van der Waals surface area contributed by atoms with Crippen molar-refractivity contribution in [2.75, 3.05) is 6.61 Å². The summed E-state index contributed by atoms with van der Waals surface area (Å²) in [6.07, 6.45) is -0.457. The molecule has 0 atom stereocenters. The Bertz CT molecular complexity index is 942. The Balaban J connectivity index is 2.35. The predicted molar refractivity (Wildman–Crippen MR) is 89.0 cm³/mol. The molecule has 8 heteroatoms. The number of carbonyl (C=O) groups is 1. The Labute approximate surface area is 146 Å². The maximum Gasteiger partial charge on any atom is 0.289 e. The summed E-state index contributed by atoms with van der Waals surface area (Å²) in [5, 5.41) is 12.7. The third-order valence-electron chi connectivity index (χ3n) is 3.83. The summed E-state index contributed by atoms with van der Waals surface area (Å²) in [6.45, 7) is 0.522. The molecule has 0 aliphatic rings. The summed E-state index contributed by atoms with van der Waals surface area (Å²) in [5.74, 6) is -3.96. The number of alkyl halides is 2. The zero-order chi connectivity index (χ0) is 18.2. The molecule has 0 unspecified atom stereocenters. The van der Waals surface area contributed by atoms with Crippen molar-refractivity contribution in [2.45, 2.75) is 19.3 Å². The summed E-state index contributed by atoms with van der Waals surface area (Å²) in [7, 11) is 0. The fourth-order valence-corrected chi connectivity index (χ4v) is 2.71. The number of hydrogen-bond acceptors (Lipinski definition) is 4. The van der Waals surface area contributed by atoms with Crippen molar-refractivity contribution < 1.29 is 18.7 Å². The number of ketones is 1. The van der Waals surface area contributed by atoms with Crippen molar-refractivity contribution in [2.24, 2.45) is 0 Å². The lowest BCUT2D eigenvalue weighted by Crippen LogP contribution is -2.18. The highest BCUT2D eigenvalue weighted by molar-refractivity contribution is 6.36. The number of nitrogens with zero attached hydrogens (tertiary/aromatic N) is 3. The van der Waals surface area contributed by atoms with Crippen molar-refractivity contribution in [1.29, 1.82) is 0 Å². The number of aromatic nitrogens is 3. The van der Waals surface area contributed by atoms with Gasteiger partial charge in [-0.1, -0.05) is 48.9 Å². The van der Waals surface area contributed by atoms with Crippen molar-refractivity contribution in [3.63, 3.8) is 0 Å². The highest BCUT2D eigenvalue weighted by atomic mass is 35.5. The standard InChI is InChI=1S/C17H14ClF2N3O2/c1-2-17(19,20)13-8-11(10-6-4-3-5-7-10)21-16-14(18)15(12(25)9-24)22-23(13)16/h3-8,24H,2,9H2,1H3. The van der Waals surface area contributed by atoms with E-state index in [-0.39, 0.29) is 16.4 Å². The number of aliphatic hydroxyl groups is 1. The lowest BCUT2D eigenvalue weighted by molar-refractivity contribution is -0.0149. The van der Waals surface area contributed by atoms with Crippen molar-refractivity contribution >= 4 is 23.0 Å². The van der Waals surface area contributed by atoms with Gasteiger partial charge in [-0.15, -0.1) is 0 Å². The molecule has 0 saturated heterocycles. The summed E-state index contributed by atoms with van der Waals surface area (Å²) in [5.41, 5.74) is 0.169. The van der Waals surface area contributed by atoms with Gasteiger partial charge in [0, 0.05) is 12.0 Å². The lowest BCUT2D eigenvalue weighted by atomic mass is 10.1. The Kier molecular flexibility index (Phi) is 4.53. The van der Waals surface area contributed by atoms with E-state index in [1.807, 2.05) is 0 Å². The summed E-state index contributed by atoms with van der Waals surface area (Å²) >= 11 is 6.13. The zero-order valence-corrected chi connectivity index (χ0v) is 14.0. The number of aliphatic hydroxyl groups excluding tert-OH is 1. The number of carbonyl (C=O) groups excluding carboxylic acids is 1. The first kappa shape index (κ1) is 17.4. The fourth-order valence-electron chi connectivity index (χ4n) is 2.44. The van der Waals surface area contributed by atoms with E-state index in [0.29, 0.717) is 11.3 Å². The highest BCUT2D eigenvalue weighted by Crippen LogP contribution is 2.35. The van der Waals surface area contributed by atoms with Gasteiger partial charge in [0.15, 0.2) is 11.3 Å². The molecule has 130 valence electrons. The molecule has 2 aromatic heterocycles. The van der Waals surface area contributed by atoms with Gasteiger partial charge in [0.2, 0.25) is 5.78 Å². The number of halogens is 3. The molecule has 0 radical (unpaired) electrons. The SMILES string of the molecule is CCC(F)(F)c1cc(-c2ccccc2)nc2c(Cl)c(C(=O)CO)nn12. The Morgan fingerprint density at radius 3 is 2.60 bits per heavy atom. The summed E-state index contributed by atoms with van der Waals surface area (Å²) in [6, 6.07) is 10.0. The number of hydrogen-bond donors (Lipinski definition) is 1. The van der Waals surface area contributed by atoms with Crippen LogP contribution in [0.3, 0.4) is 0 Å². The molecule has 0 saturated carbocycles. The van der Waals surface area contributed by atoms with E-state index in [1.54, 1.807) is 30.3 Å². The van der Waals surface area contributed by atoms with Crippen LogP contribution in [0.4, 0.5) is 8.78 Å². The van der Waals surface area contributed by atoms with E-state index in [0.717, 1.165) is 4.52 Å². The Hall–Kier alpha value is -2.38. The second-order valence-electron chi connectivity index (χ2n) is 5.43. The van der Waals surface area contributed by atoms with E-state index in [4.69, 9.17) is 16.7 Å². The second kappa shape index (κ2) is 6.50. The van der Waals surface area contributed by atoms with Crippen molar-refractivity contribution in [1.82, 2.24) is 14.6 Å². The molecular weight excluding hydrogens is 352 g/mol. The molecule has 0 aliphatic carbocycles. The normalized spacial score (nSPS) is 11.9. The van der Waals surface area contributed by atoms with Gasteiger partial charge in [-0.3, -0.25) is 4.79 Å². The maximum atomic E-state index is 14.5. The van der Waals surface area contributed by atoms with Crippen LogP contribution in [0.2, 0.25) is 5.02 Å². The Morgan fingerprint density at radius 2 is 2.00 bits per heavy atom. The molecule has 2 heterocycles. The quantitative estimate of drug-likeness (QED) is 0.700. The summed E-state index contributed by atoms with van der Waals surface area (Å²) in [4.78, 5) is 16.1. The molecule has 5 nitrogen and oxygen atoms in total. The van der Waals surface area contributed by atoms with Crippen LogP contribution in [-0.4, -0.2) is 32.1 Å². The number of rotatable bonds is 5. The minimum atomic E-state index is -3.19. The number of fused-ring (bicyclic) bond motifs is 1. The lowest BCUT2D eigenvalue weighted by Gasteiger charge is -2.16. The molecule has 0 aliphatic heterocycles. The molecule has 0 amide bonds. The number of benzene rings is 1. The van der Waals surface area contributed by atoms with Gasteiger partial charge in [0.05, 0.1) is 5.69 Å². The van der Waals surface area contributed by atoms with Crippen LogP contribution in [-0.2, 0) is 5.92 Å². The van der Waals surface area contributed by atoms with Crippen LogP contribution in [0.5, 0.6) is 0 Å². The van der Waals surface area contributed by atoms with Crippen LogP contribution in [0.25, 0.3) is 16.9 Å². The van der Waals surface area contributed by atoms with Crippen LogP contribution in [0.15, 0.2) is 36.4 Å². The van der Waals surface area contributed by atoms with Gasteiger partial charge in [-0.25, -0.2) is 9.50 Å². The van der Waals surface area contributed by atoms with Gasteiger partial charge >= 0.3 is 0 Å². The van der Waals surface area contributed by atoms with Gasteiger partial charge in [0.1, 0.15) is 17.3 Å². The predicted octanol–water partition coefficient (Wildman–Crippen LogP) is 3.73. The van der Waals surface area contributed by atoms with Crippen LogP contribution in [0, 0.1) is 0 Å². The van der Waals surface area contributed by atoms with Crippen molar-refractivity contribution in [3.05, 3.63) is 52.8 Å². The average molecular weight is 366 g/mol. The minimum absolute atomic E-state index is 0.0528. The van der Waals surface area contributed by atoms with Crippen molar-refractivity contribution in [3.8, 4) is 11.3 Å². The van der Waals surface area contributed by atoms with Crippen LogP contribution < -0.4 is 0 Å². The minimum Gasteiger partial charge on any atom is -0.388 e. The van der Waals surface area contributed by atoms with Crippen LogP contribution >= 0.6 is 11.6 Å². The fraction of sp³-hybridized carbons (Fsp3) is 0.235. The monoisotopic (exact) mass is 365 g/mol. The van der Waals surface area contributed by atoms with E-state index >= 15 is 0 Å². The highest BCUT2D eigenvalue weighted by Gasteiger charge is 2.35. The third kappa shape index (κ3) is 3.01. The van der Waals surface area contributed by atoms with Crippen LogP contribution in [0.1, 0.15) is 29.5 Å². The first-order valence-corrected chi connectivity index (χ1v) is 7.94. The number of Topliss-reactive ketones (excluding diaryl/α,β-unsaturated/α-hetero) is 1. The van der Waals surface area contributed by atoms with Gasteiger partial charge < -0.3 is 5.11 Å². The third-order valence-corrected chi connectivity index (χ3v) is 4.18. The molecule has 0 fully saturated rings. The topological polar surface area (TPSA) is 67.5 Å². The molecule has 0 bridgehead atoms. The molecule has 3 rings (SSSR count). The molecule has 1 aromatic carbocycles. The zero-order valence-electron chi connectivity index (χ0n) is 13.2. The molecule has 1 N–H and O–H groups in total. The largest absolute Gasteiger partial charge is 0.388 e. The Morgan fingerprint density at radius 1 is 1.32 bits per heavy atom. The molecule has 25 heavy (non-hydrogen) atoms. The van der Waals surface area contributed by atoms with E-state index < -0.39 is 30.4 Å². The first-order valence-electron chi connectivity index (χ1n) is 7.56. The summed E-state index contributed by atoms with van der Waals surface area (Å²) < 4.78 is 29.8. The maximum absolute atomic E-state index is 14.5. The van der Waals surface area contributed by atoms with Gasteiger partial charge in [-0.2, -0.15) is 13.9 Å². The second-order valence-corrected chi connectivity index (χ2v) is 5.81. The molecule has 0 spiro atoms. The first-order chi connectivity index (χ1) is 11.9. The average Bonchev–Trinajstić information content (AvgIpc) is 2.97. The molecular formula is C17H14ClF2N3O2. The van der Waals surface area contributed by atoms with Gasteiger partial charge in [-0.05, 0) is 6.07 Å². The van der Waals surface area contributed by atoms with E-state index in [1.165, 1.54) is 13.0 Å². The smallest absolute Gasteiger partial charge is 0.289 e. The van der Waals surface area contributed by atoms with Gasteiger partial charge in [0.25, 0.3) is 5.92 Å². The van der Waals surface area contributed by atoms with E-state index in [9.17, 15) is 13.6 Å². The van der Waals surface area contributed by atoms with E-state index in [2.05, 4.69) is 10.1 Å². The molecule has 3 aromatic rings.